The number of hydrogen-bond donors (Lipinski definition) is 0. The van der Waals surface area contributed by atoms with Crippen LogP contribution in [0.5, 0.6) is 0 Å². The Kier molecular flexibility index (Phi) is 20.1. The third kappa shape index (κ3) is 11.5. The average molecular weight is 940 g/mol. The lowest BCUT2D eigenvalue weighted by molar-refractivity contribution is 0.836. The van der Waals surface area contributed by atoms with Crippen molar-refractivity contribution < 1.29 is 0 Å². The summed E-state index contributed by atoms with van der Waals surface area (Å²) in [5, 5.41) is 3.29. The molecule has 2 aliphatic carbocycles. The number of benzene rings is 8. The zero-order valence-electron chi connectivity index (χ0n) is 44.0. The summed E-state index contributed by atoms with van der Waals surface area (Å²) >= 11 is 2.07. The molecule has 0 N–H and O–H groups in total. The van der Waals surface area contributed by atoms with Crippen LogP contribution in [0.4, 0.5) is 11.4 Å². The van der Waals surface area contributed by atoms with Crippen molar-refractivity contribution >= 4 is 40.0 Å². The summed E-state index contributed by atoms with van der Waals surface area (Å²) in [6, 6.07) is 62.9. The van der Waals surface area contributed by atoms with Gasteiger partial charge in [0.15, 0.2) is 0 Å². The van der Waals surface area contributed by atoms with E-state index < -0.39 is 0 Å². The van der Waals surface area contributed by atoms with E-state index >= 15 is 0 Å². The highest BCUT2D eigenvalue weighted by Gasteiger charge is 2.35. The maximum Gasteiger partial charge on any atom is 0.0487 e. The van der Waals surface area contributed by atoms with E-state index in [2.05, 4.69) is 246 Å². The Morgan fingerprint density at radius 3 is 1.61 bits per heavy atom. The fourth-order valence-corrected chi connectivity index (χ4v) is 11.2. The first-order chi connectivity index (χ1) is 34.5. The molecule has 0 saturated carbocycles. The van der Waals surface area contributed by atoms with Crippen molar-refractivity contribution in [3.05, 3.63) is 205 Å². The number of para-hydroxylation sites is 1. The highest BCUT2D eigenvalue weighted by atomic mass is 32.2. The Labute approximate surface area is 427 Å². The Bertz CT molecular complexity index is 2920. The van der Waals surface area contributed by atoms with Crippen molar-refractivity contribution in [2.24, 2.45) is 0 Å². The molecule has 2 atom stereocenters. The molecule has 0 amide bonds. The SMILES string of the molecule is CC.CC.CC.CCC.CCC.CN(c1ccc(-c2c3c(c(-c4ccccc4)c4ccccc24)CCC=C3)cc1)c1ccccc1-c1ccc(-c2ccc(-c3cccc4c3SC3CC=CC43)cc2)cc1. The molecule has 0 saturated heterocycles. The molecule has 1 aliphatic heterocycles. The number of fused-ring (bicyclic) bond motifs is 5. The van der Waals surface area contributed by atoms with Gasteiger partial charge in [0.05, 0.1) is 0 Å². The van der Waals surface area contributed by atoms with Gasteiger partial charge in [0.1, 0.15) is 0 Å². The molecule has 3 aliphatic rings. The van der Waals surface area contributed by atoms with Crippen molar-refractivity contribution in [1.82, 2.24) is 0 Å². The second-order valence-electron chi connectivity index (χ2n) is 17.3. The smallest absolute Gasteiger partial charge is 0.0487 e. The van der Waals surface area contributed by atoms with Crippen molar-refractivity contribution in [3.8, 4) is 55.6 Å². The first-order valence-corrected chi connectivity index (χ1v) is 27.3. The molecule has 0 spiro atoms. The summed E-state index contributed by atoms with van der Waals surface area (Å²) in [5.74, 6) is 0.571. The van der Waals surface area contributed by atoms with Crippen LogP contribution in [0.2, 0.25) is 0 Å². The summed E-state index contributed by atoms with van der Waals surface area (Å²) in [4.78, 5) is 3.79. The second kappa shape index (κ2) is 26.6. The molecule has 1 nitrogen and oxygen atoms in total. The van der Waals surface area contributed by atoms with Crippen LogP contribution in [-0.4, -0.2) is 12.3 Å². The van der Waals surface area contributed by atoms with E-state index in [0.29, 0.717) is 11.2 Å². The van der Waals surface area contributed by atoms with E-state index in [-0.39, 0.29) is 0 Å². The summed E-state index contributed by atoms with van der Waals surface area (Å²) in [5.41, 5.74) is 19.4. The van der Waals surface area contributed by atoms with Gasteiger partial charge in [0, 0.05) is 40.0 Å². The van der Waals surface area contributed by atoms with Crippen molar-refractivity contribution in [1.29, 1.82) is 0 Å². The first kappa shape index (κ1) is 53.0. The van der Waals surface area contributed by atoms with Crippen LogP contribution in [-0.2, 0) is 6.42 Å². The number of thioether (sulfide) groups is 1. The van der Waals surface area contributed by atoms with Gasteiger partial charge in [-0.3, -0.25) is 0 Å². The number of hydrogen-bond acceptors (Lipinski definition) is 2. The van der Waals surface area contributed by atoms with Crippen LogP contribution >= 0.6 is 11.8 Å². The summed E-state index contributed by atoms with van der Waals surface area (Å²) in [7, 11) is 2.18. The molecule has 2 unspecified atom stereocenters. The maximum absolute atomic E-state index is 2.41. The van der Waals surface area contributed by atoms with Crippen LogP contribution in [0, 0.1) is 0 Å². The molecular weight excluding hydrogens is 863 g/mol. The molecule has 0 bridgehead atoms. The quantitative estimate of drug-likeness (QED) is 0.147. The molecular formula is C68H77NS. The van der Waals surface area contributed by atoms with E-state index in [0.717, 1.165) is 18.5 Å². The fourth-order valence-electron chi connectivity index (χ4n) is 9.70. The van der Waals surface area contributed by atoms with Gasteiger partial charge in [0.2, 0.25) is 0 Å². The first-order valence-electron chi connectivity index (χ1n) is 26.4. The predicted octanol–water partition coefficient (Wildman–Crippen LogP) is 21.3. The van der Waals surface area contributed by atoms with E-state index in [9.17, 15) is 0 Å². The van der Waals surface area contributed by atoms with Crippen LogP contribution < -0.4 is 4.90 Å². The van der Waals surface area contributed by atoms with Crippen molar-refractivity contribution in [2.75, 3.05) is 11.9 Å². The normalized spacial score (nSPS) is 14.3. The van der Waals surface area contributed by atoms with Crippen LogP contribution in [0.15, 0.2) is 193 Å². The maximum atomic E-state index is 2.41. The summed E-state index contributed by atoms with van der Waals surface area (Å²) in [6.45, 7) is 20.5. The summed E-state index contributed by atoms with van der Waals surface area (Å²) < 4.78 is 0. The molecule has 8 aromatic rings. The monoisotopic (exact) mass is 940 g/mol. The third-order valence-corrected chi connectivity index (χ3v) is 14.1. The lowest BCUT2D eigenvalue weighted by Gasteiger charge is -2.25. The largest absolute Gasteiger partial charge is 0.344 e. The minimum Gasteiger partial charge on any atom is -0.344 e. The van der Waals surface area contributed by atoms with Crippen LogP contribution in [0.3, 0.4) is 0 Å². The van der Waals surface area contributed by atoms with E-state index in [1.54, 1.807) is 0 Å². The van der Waals surface area contributed by atoms with Gasteiger partial charge >= 0.3 is 0 Å². The third-order valence-electron chi connectivity index (χ3n) is 12.6. The average Bonchev–Trinajstić information content (AvgIpc) is 4.05. The number of rotatable bonds is 7. The Morgan fingerprint density at radius 2 is 0.986 bits per heavy atom. The van der Waals surface area contributed by atoms with Gasteiger partial charge < -0.3 is 4.90 Å². The molecule has 11 rings (SSSR count). The number of allylic oxidation sites excluding steroid dienone is 3. The topological polar surface area (TPSA) is 3.24 Å². The molecule has 70 heavy (non-hydrogen) atoms. The highest BCUT2D eigenvalue weighted by Crippen LogP contribution is 2.53. The standard InChI is InChI=1S/C56H43NS.2C3H8.3C2H6/c1-57(43-35-33-42(34-36-43)55-49-18-7-5-16-47(49)54(41-13-3-2-4-14-41)48-17-6-8-19-50(48)55)52-23-10-9-15-44(52)39-29-25-37(26-30-39)38-27-31-40(32-28-38)45-20-11-22-51-46-21-12-24-53(46)58-56(45)51;2*1-3-2;3*1-2/h2-5,7-16,18-23,25-36,46,53H,6,17,24H2,1H3;2*3H2,1-2H3;3*1-2H3. The molecule has 2 heteroatoms. The van der Waals surface area contributed by atoms with Gasteiger partial charge in [-0.2, -0.15) is 0 Å². The second-order valence-corrected chi connectivity index (χ2v) is 18.5. The highest BCUT2D eigenvalue weighted by molar-refractivity contribution is 8.00. The lowest BCUT2D eigenvalue weighted by atomic mass is 9.80. The van der Waals surface area contributed by atoms with Gasteiger partial charge in [-0.1, -0.05) is 258 Å². The van der Waals surface area contributed by atoms with Gasteiger partial charge in [-0.15, -0.1) is 11.8 Å². The van der Waals surface area contributed by atoms with E-state index in [4.69, 9.17) is 0 Å². The minimum atomic E-state index is 0.571. The van der Waals surface area contributed by atoms with Crippen molar-refractivity contribution in [3.63, 3.8) is 0 Å². The van der Waals surface area contributed by atoms with Gasteiger partial charge in [0.25, 0.3) is 0 Å². The lowest BCUT2D eigenvalue weighted by Crippen LogP contribution is -2.10. The number of anilines is 2. The molecule has 8 aromatic carbocycles. The Morgan fingerprint density at radius 1 is 0.486 bits per heavy atom. The molecule has 0 fully saturated rings. The van der Waals surface area contributed by atoms with Crippen LogP contribution in [0.25, 0.3) is 72.5 Å². The minimum absolute atomic E-state index is 0.571. The zero-order valence-corrected chi connectivity index (χ0v) is 44.8. The molecule has 0 radical (unpaired) electrons. The van der Waals surface area contributed by atoms with E-state index in [1.807, 2.05) is 41.5 Å². The van der Waals surface area contributed by atoms with Crippen LogP contribution in [0.1, 0.15) is 118 Å². The van der Waals surface area contributed by atoms with Crippen molar-refractivity contribution in [2.45, 2.75) is 117 Å². The fraction of sp³-hybridized carbons (Fsp3) is 0.265. The summed E-state index contributed by atoms with van der Waals surface area (Å²) in [6.07, 6.45) is 15.3. The van der Waals surface area contributed by atoms with E-state index in [1.165, 1.54) is 113 Å². The molecule has 1 heterocycles. The molecule has 0 aromatic heterocycles. The zero-order chi connectivity index (χ0) is 50.0. The predicted molar refractivity (Wildman–Crippen MR) is 315 cm³/mol. The molecule has 360 valence electrons. The number of nitrogens with zero attached hydrogens (tertiary/aromatic N) is 1. The Hall–Kier alpha value is -6.35. The van der Waals surface area contributed by atoms with Gasteiger partial charge in [-0.25, -0.2) is 0 Å². The van der Waals surface area contributed by atoms with Gasteiger partial charge in [-0.05, 0) is 115 Å². The Balaban J connectivity index is 0.000000618.